The van der Waals surface area contributed by atoms with Crippen molar-refractivity contribution in [3.63, 3.8) is 0 Å². The molecule has 0 N–H and O–H groups in total. The van der Waals surface area contributed by atoms with Gasteiger partial charge in [-0.2, -0.15) is 17.5 Å². The summed E-state index contributed by atoms with van der Waals surface area (Å²) >= 11 is 8.84. The van der Waals surface area contributed by atoms with Crippen LogP contribution in [0.1, 0.15) is 296 Å². The molecule has 0 saturated heterocycles. The lowest BCUT2D eigenvalue weighted by Crippen LogP contribution is -2.05. The number of fused-ring (bicyclic) bond motifs is 5. The molecule has 0 aliphatic heterocycles. The van der Waals surface area contributed by atoms with E-state index in [4.69, 9.17) is 17.5 Å². The van der Waals surface area contributed by atoms with Crippen molar-refractivity contribution in [1.82, 2.24) is 17.5 Å². The van der Waals surface area contributed by atoms with E-state index in [0.29, 0.717) is 15.7 Å². The van der Waals surface area contributed by atoms with E-state index in [1.54, 1.807) is 22.8 Å². The average Bonchev–Trinajstić information content (AvgIpc) is 3.29. The summed E-state index contributed by atoms with van der Waals surface area (Å²) in [6, 6.07) is 12.6. The summed E-state index contributed by atoms with van der Waals surface area (Å²) in [6.07, 6.45) is 55.9. The Hall–Kier alpha value is -3.00. The van der Waals surface area contributed by atoms with Crippen LogP contribution in [0.2, 0.25) is 0 Å². The van der Waals surface area contributed by atoms with Gasteiger partial charge in [0.05, 0.1) is 33.2 Å². The highest BCUT2D eigenvalue weighted by Gasteiger charge is 2.26. The first-order valence-corrected chi connectivity index (χ1v) is 39.8. The fraction of sp³-hybridized carbons (Fsp3) is 0.649. The minimum absolute atomic E-state index is 0.347. The minimum atomic E-state index is -0.357. The standard InChI is InChI=1S/C74H106F2N4S6/c1-5-9-13-17-21-25-27-31-34-38-42-55(41-37-33-29-23-19-15-11-7-3)47-57-49-65(82-54-57)61-51-59-60(68-70(61)79-85-77-68)52-62(71-69(59)78-86-80-71)66-50-58(72(83-66)67-53-64(76)74(84-67)73-63(75)45-46-81-73)48-56(43-39-35-30-24-20-16-12-8-4)44-40-36-32-28-26-22-18-14-10-6-2/h45-46,49-56H,5-44,47-48H2,1-4H3. The third kappa shape index (κ3) is 21.3. The number of thiophene rings is 4. The molecule has 4 nitrogen and oxygen atoms in total. The summed E-state index contributed by atoms with van der Waals surface area (Å²) in [5.74, 6) is 0.546. The molecule has 0 aliphatic carbocycles. The van der Waals surface area contributed by atoms with Crippen molar-refractivity contribution in [2.75, 3.05) is 0 Å². The van der Waals surface area contributed by atoms with E-state index in [2.05, 4.69) is 57.3 Å². The van der Waals surface area contributed by atoms with E-state index in [1.165, 1.54) is 325 Å². The summed E-state index contributed by atoms with van der Waals surface area (Å²) in [7, 11) is 0. The molecular formula is C74H106F2N4S6. The monoisotopic (exact) mass is 1280 g/mol. The van der Waals surface area contributed by atoms with E-state index in [0.717, 1.165) is 77.4 Å². The van der Waals surface area contributed by atoms with Gasteiger partial charge in [-0.05, 0) is 83.0 Å². The number of hydrogen-bond acceptors (Lipinski definition) is 10. The summed E-state index contributed by atoms with van der Waals surface area (Å²) in [5, 5.41) is 6.27. The van der Waals surface area contributed by atoms with Crippen molar-refractivity contribution in [3.8, 4) is 40.4 Å². The summed E-state index contributed by atoms with van der Waals surface area (Å²) in [5.41, 5.74) is 8.58. The number of halogens is 2. The lowest BCUT2D eigenvalue weighted by molar-refractivity contribution is 0.400. The largest absolute Gasteiger partial charge is 0.205 e. The quantitative estimate of drug-likeness (QED) is 0.0357. The van der Waals surface area contributed by atoms with Gasteiger partial charge < -0.3 is 0 Å². The molecule has 8 rings (SSSR count). The Morgan fingerprint density at radius 1 is 0.360 bits per heavy atom. The van der Waals surface area contributed by atoms with Crippen LogP contribution in [0.3, 0.4) is 0 Å². The van der Waals surface area contributed by atoms with Gasteiger partial charge in [0.2, 0.25) is 0 Å². The SMILES string of the molecule is CCCCCCCCCCCCC(CCCCCCCCCC)Cc1csc(-c2cc3c(cc(-c4cc(CC(CCCCCCCCCC)CCCCCCCCCCCC)c(-c5cc(F)c(-c6sccc6F)s5)s4)c4nsnc43)c3nsnc23)c1. The zero-order valence-corrected chi connectivity index (χ0v) is 58.4. The molecule has 12 heteroatoms. The molecule has 472 valence electrons. The molecule has 0 fully saturated rings. The molecule has 6 heterocycles. The fourth-order valence-corrected chi connectivity index (χ4v) is 18.8. The van der Waals surface area contributed by atoms with Crippen molar-refractivity contribution in [2.24, 2.45) is 11.8 Å². The van der Waals surface area contributed by atoms with Crippen LogP contribution in [0, 0.1) is 23.5 Å². The third-order valence-corrected chi connectivity index (χ3v) is 24.1. The topological polar surface area (TPSA) is 51.6 Å². The first-order valence-electron chi connectivity index (χ1n) is 35.0. The second-order valence-corrected chi connectivity index (χ2v) is 30.6. The van der Waals surface area contributed by atoms with Crippen LogP contribution in [0.5, 0.6) is 0 Å². The van der Waals surface area contributed by atoms with Gasteiger partial charge in [-0.3, -0.25) is 0 Å². The summed E-state index contributed by atoms with van der Waals surface area (Å²) in [4.78, 5) is 5.11. The first kappa shape index (κ1) is 68.9. The Kier molecular flexibility index (Phi) is 31.5. The smallest absolute Gasteiger partial charge is 0.143 e. The van der Waals surface area contributed by atoms with Crippen molar-refractivity contribution >= 4 is 102 Å². The highest BCUT2D eigenvalue weighted by atomic mass is 32.1. The van der Waals surface area contributed by atoms with Crippen molar-refractivity contribution in [1.29, 1.82) is 0 Å². The van der Waals surface area contributed by atoms with Crippen LogP contribution in [0.15, 0.2) is 47.2 Å². The van der Waals surface area contributed by atoms with Crippen molar-refractivity contribution in [2.45, 2.75) is 297 Å². The van der Waals surface area contributed by atoms with Crippen molar-refractivity contribution in [3.05, 3.63) is 69.9 Å². The lowest BCUT2D eigenvalue weighted by Gasteiger charge is -2.17. The molecule has 0 bridgehead atoms. The number of hydrogen-bond donors (Lipinski definition) is 0. The van der Waals surface area contributed by atoms with Crippen LogP contribution in [-0.2, 0) is 12.8 Å². The Balaban J connectivity index is 1.04. The molecule has 0 radical (unpaired) electrons. The van der Waals surface area contributed by atoms with Gasteiger partial charge in [-0.25, -0.2) is 8.78 Å². The van der Waals surface area contributed by atoms with Gasteiger partial charge in [-0.1, -0.05) is 285 Å². The van der Waals surface area contributed by atoms with Crippen LogP contribution < -0.4 is 0 Å². The summed E-state index contributed by atoms with van der Waals surface area (Å²) < 4.78 is 51.6. The van der Waals surface area contributed by atoms with Gasteiger partial charge in [0, 0.05) is 41.4 Å². The third-order valence-electron chi connectivity index (χ3n) is 18.5. The average molecular weight is 1280 g/mol. The molecule has 0 saturated carbocycles. The van der Waals surface area contributed by atoms with Crippen molar-refractivity contribution < 1.29 is 8.78 Å². The molecule has 0 aliphatic rings. The number of rotatable bonds is 48. The van der Waals surface area contributed by atoms with E-state index >= 15 is 8.78 Å². The number of nitrogens with zero attached hydrogens (tertiary/aromatic N) is 4. The second-order valence-electron chi connectivity index (χ2n) is 25.6. The van der Waals surface area contributed by atoms with Gasteiger partial charge in [0.15, 0.2) is 0 Å². The normalized spacial score (nSPS) is 12.8. The first-order chi connectivity index (χ1) is 42.4. The maximum atomic E-state index is 16.2. The molecule has 6 aromatic heterocycles. The molecular weight excluding hydrogens is 1180 g/mol. The van der Waals surface area contributed by atoms with E-state index in [1.807, 2.05) is 11.3 Å². The Morgan fingerprint density at radius 3 is 1.19 bits per heavy atom. The Morgan fingerprint density at radius 2 is 0.756 bits per heavy atom. The van der Waals surface area contributed by atoms with Gasteiger partial charge in [-0.15, -0.1) is 45.3 Å². The highest BCUT2D eigenvalue weighted by Crippen LogP contribution is 2.49. The zero-order chi connectivity index (χ0) is 60.0. The Bertz CT molecular complexity index is 3120. The van der Waals surface area contributed by atoms with Crippen LogP contribution in [-0.4, -0.2) is 17.5 Å². The molecule has 0 spiro atoms. The highest BCUT2D eigenvalue weighted by molar-refractivity contribution is 7.27. The summed E-state index contributed by atoms with van der Waals surface area (Å²) in [6.45, 7) is 9.21. The zero-order valence-electron chi connectivity index (χ0n) is 53.5. The predicted molar refractivity (Wildman–Crippen MR) is 381 cm³/mol. The predicted octanol–water partition coefficient (Wildman–Crippen LogP) is 28.0. The van der Waals surface area contributed by atoms with Gasteiger partial charge >= 0.3 is 0 Å². The second kappa shape index (κ2) is 39.3. The van der Waals surface area contributed by atoms with E-state index < -0.39 is 0 Å². The number of benzene rings is 2. The molecule has 2 unspecified atom stereocenters. The number of aromatic nitrogens is 4. The van der Waals surface area contributed by atoms with E-state index in [9.17, 15) is 0 Å². The molecule has 86 heavy (non-hydrogen) atoms. The lowest BCUT2D eigenvalue weighted by atomic mass is 9.88. The molecule has 8 aromatic rings. The van der Waals surface area contributed by atoms with Gasteiger partial charge in [0.1, 0.15) is 33.7 Å². The number of unbranched alkanes of at least 4 members (excludes halogenated alkanes) is 32. The van der Waals surface area contributed by atoms with Crippen LogP contribution >= 0.6 is 68.8 Å². The molecule has 0 amide bonds. The molecule has 2 aromatic carbocycles. The Labute approximate surface area is 543 Å². The minimum Gasteiger partial charge on any atom is -0.205 e. The molecule has 2 atom stereocenters. The maximum Gasteiger partial charge on any atom is 0.143 e. The van der Waals surface area contributed by atoms with Gasteiger partial charge in [0.25, 0.3) is 0 Å². The van der Waals surface area contributed by atoms with Crippen LogP contribution in [0.4, 0.5) is 8.78 Å². The van der Waals surface area contributed by atoms with Crippen LogP contribution in [0.25, 0.3) is 73.2 Å². The van der Waals surface area contributed by atoms with E-state index in [-0.39, 0.29) is 11.6 Å². The fourth-order valence-electron chi connectivity index (χ4n) is 13.4. The maximum absolute atomic E-state index is 16.2.